The van der Waals surface area contributed by atoms with Gasteiger partial charge in [-0.2, -0.15) is 5.10 Å². The molecule has 9 nitrogen and oxygen atoms in total. The van der Waals surface area contributed by atoms with Crippen LogP contribution in [0.4, 0.5) is 15.4 Å². The minimum Gasteiger partial charge on any atom is -0.489 e. The van der Waals surface area contributed by atoms with E-state index in [0.29, 0.717) is 51.2 Å². The number of amides is 2. The summed E-state index contributed by atoms with van der Waals surface area (Å²) in [4.78, 5) is 26.3. The summed E-state index contributed by atoms with van der Waals surface area (Å²) in [5.74, 6) is 1.70. The van der Waals surface area contributed by atoms with E-state index in [1.807, 2.05) is 80.1 Å². The van der Waals surface area contributed by atoms with Crippen molar-refractivity contribution < 1.29 is 23.8 Å². The molecule has 10 heteroatoms. The van der Waals surface area contributed by atoms with Crippen molar-refractivity contribution in [3.05, 3.63) is 75.9 Å². The van der Waals surface area contributed by atoms with Crippen molar-refractivity contribution in [2.75, 3.05) is 31.6 Å². The van der Waals surface area contributed by atoms with E-state index in [2.05, 4.69) is 26.3 Å². The number of halogens is 1. The maximum absolute atomic E-state index is 12.5. The van der Waals surface area contributed by atoms with E-state index in [-0.39, 0.29) is 12.0 Å². The molecular weight excluding hydrogens is 576 g/mol. The number of anilines is 1. The lowest BCUT2D eigenvalue weighted by molar-refractivity contribution is 0.0677. The number of hydrogen-bond donors (Lipinski definition) is 1. The Hall–Kier alpha value is -3.53. The molecule has 3 aromatic rings. The van der Waals surface area contributed by atoms with Gasteiger partial charge >= 0.3 is 12.2 Å². The highest BCUT2D eigenvalue weighted by Crippen LogP contribution is 2.26. The first-order chi connectivity index (χ1) is 19.3. The van der Waals surface area contributed by atoms with Gasteiger partial charge in [0, 0.05) is 34.9 Å². The first kappa shape index (κ1) is 29.5. The SMILES string of the molecule is Cc1cc(NC(=O)OCC2CCN(C(=O)OCC(C)C)CC2)nn1Cc1cc(Br)ccc1OCc1ccccc1. The molecule has 1 saturated heterocycles. The monoisotopic (exact) mass is 612 g/mol. The first-order valence-corrected chi connectivity index (χ1v) is 14.4. The quantitative estimate of drug-likeness (QED) is 0.276. The second-order valence-corrected chi connectivity index (χ2v) is 11.4. The van der Waals surface area contributed by atoms with Crippen LogP contribution in [0.3, 0.4) is 0 Å². The highest BCUT2D eigenvalue weighted by molar-refractivity contribution is 9.10. The van der Waals surface area contributed by atoms with E-state index in [4.69, 9.17) is 14.2 Å². The highest BCUT2D eigenvalue weighted by atomic mass is 79.9. The first-order valence-electron chi connectivity index (χ1n) is 13.6. The number of hydrogen-bond acceptors (Lipinski definition) is 6. The number of likely N-dealkylation sites (tertiary alicyclic amines) is 1. The fourth-order valence-corrected chi connectivity index (χ4v) is 4.79. The summed E-state index contributed by atoms with van der Waals surface area (Å²) in [7, 11) is 0. The second kappa shape index (κ2) is 14.2. The molecule has 1 fully saturated rings. The van der Waals surface area contributed by atoms with Gasteiger partial charge in [-0.05, 0) is 55.4 Å². The maximum Gasteiger partial charge on any atom is 0.412 e. The lowest BCUT2D eigenvalue weighted by Gasteiger charge is -2.31. The zero-order valence-electron chi connectivity index (χ0n) is 23.3. The molecule has 2 aromatic carbocycles. The molecule has 1 aromatic heterocycles. The fourth-order valence-electron chi connectivity index (χ4n) is 4.39. The average molecular weight is 614 g/mol. The van der Waals surface area contributed by atoms with Crippen molar-refractivity contribution in [2.24, 2.45) is 11.8 Å². The van der Waals surface area contributed by atoms with Gasteiger partial charge < -0.3 is 19.1 Å². The van der Waals surface area contributed by atoms with E-state index in [1.165, 1.54) is 0 Å². The minimum atomic E-state index is -0.544. The summed E-state index contributed by atoms with van der Waals surface area (Å²) in [6.07, 6.45) is 0.713. The zero-order chi connectivity index (χ0) is 28.5. The number of nitrogens with zero attached hydrogens (tertiary/aromatic N) is 3. The average Bonchev–Trinajstić information content (AvgIpc) is 3.28. The van der Waals surface area contributed by atoms with Gasteiger partial charge in [0.05, 0.1) is 19.8 Å². The van der Waals surface area contributed by atoms with Crippen molar-refractivity contribution in [3.8, 4) is 5.75 Å². The molecule has 1 aliphatic heterocycles. The van der Waals surface area contributed by atoms with Crippen molar-refractivity contribution in [2.45, 2.75) is 46.8 Å². The number of nitrogens with one attached hydrogen (secondary N) is 1. The Balaban J connectivity index is 1.26. The van der Waals surface area contributed by atoms with Gasteiger partial charge in [0.2, 0.25) is 0 Å². The Morgan fingerprint density at radius 1 is 1.07 bits per heavy atom. The molecule has 0 bridgehead atoms. The van der Waals surface area contributed by atoms with Crippen molar-refractivity contribution >= 4 is 33.9 Å². The summed E-state index contributed by atoms with van der Waals surface area (Å²) in [5, 5.41) is 7.30. The third kappa shape index (κ3) is 8.74. The molecule has 0 saturated carbocycles. The van der Waals surface area contributed by atoms with Gasteiger partial charge in [-0.15, -0.1) is 0 Å². The number of carbonyl (C=O) groups excluding carboxylic acids is 2. The van der Waals surface area contributed by atoms with E-state index in [9.17, 15) is 9.59 Å². The van der Waals surface area contributed by atoms with Gasteiger partial charge in [0.15, 0.2) is 5.82 Å². The molecule has 0 radical (unpaired) electrons. The number of aryl methyl sites for hydroxylation is 1. The van der Waals surface area contributed by atoms with Crippen LogP contribution in [0.25, 0.3) is 0 Å². The molecule has 40 heavy (non-hydrogen) atoms. The predicted octanol–water partition coefficient (Wildman–Crippen LogP) is 6.63. The van der Waals surface area contributed by atoms with Crippen LogP contribution in [-0.2, 0) is 22.6 Å². The van der Waals surface area contributed by atoms with Gasteiger partial charge in [0.25, 0.3) is 0 Å². The van der Waals surface area contributed by atoms with E-state index < -0.39 is 6.09 Å². The van der Waals surface area contributed by atoms with Crippen molar-refractivity contribution in [3.63, 3.8) is 0 Å². The number of carbonyl (C=O) groups is 2. The van der Waals surface area contributed by atoms with E-state index in [1.54, 1.807) is 4.90 Å². The third-order valence-electron chi connectivity index (χ3n) is 6.65. The predicted molar refractivity (Wildman–Crippen MR) is 156 cm³/mol. The van der Waals surface area contributed by atoms with E-state index in [0.717, 1.165) is 39.9 Å². The molecule has 1 aliphatic rings. The molecule has 4 rings (SSSR count). The van der Waals surface area contributed by atoms with Gasteiger partial charge in [-0.25, -0.2) is 9.59 Å². The molecule has 2 amide bonds. The summed E-state index contributed by atoms with van der Waals surface area (Å²) >= 11 is 3.55. The van der Waals surface area contributed by atoms with Gasteiger partial charge in [0.1, 0.15) is 12.4 Å². The highest BCUT2D eigenvalue weighted by Gasteiger charge is 2.25. The molecule has 2 heterocycles. The summed E-state index contributed by atoms with van der Waals surface area (Å²) in [5.41, 5.74) is 2.94. The third-order valence-corrected chi connectivity index (χ3v) is 7.15. The Labute approximate surface area is 243 Å². The van der Waals surface area contributed by atoms with Crippen molar-refractivity contribution in [1.29, 1.82) is 0 Å². The number of ether oxygens (including phenoxy) is 3. The fraction of sp³-hybridized carbons (Fsp3) is 0.433. The molecule has 0 spiro atoms. The van der Waals surface area contributed by atoms with E-state index >= 15 is 0 Å². The number of aromatic nitrogens is 2. The molecule has 0 aliphatic carbocycles. The molecule has 0 unspecified atom stereocenters. The topological polar surface area (TPSA) is 94.9 Å². The maximum atomic E-state index is 12.5. The van der Waals surface area contributed by atoms with Crippen LogP contribution in [0.1, 0.15) is 43.5 Å². The van der Waals surface area contributed by atoms with Crippen LogP contribution in [0, 0.1) is 18.8 Å². The summed E-state index contributed by atoms with van der Waals surface area (Å²) in [6, 6.07) is 17.7. The van der Waals surface area contributed by atoms with Crippen LogP contribution in [0.2, 0.25) is 0 Å². The Bertz CT molecular complexity index is 1270. The standard InChI is InChI=1S/C30H37BrN4O5/c1-21(2)18-40-30(37)34-13-11-24(12-14-34)20-39-29(36)32-28-15-22(3)35(33-28)17-25-16-26(31)9-10-27(25)38-19-23-7-5-4-6-8-23/h4-10,15-16,21,24H,11-14,17-20H2,1-3H3,(H,32,33,36). The van der Waals surface area contributed by atoms with Crippen LogP contribution >= 0.6 is 15.9 Å². The van der Waals surface area contributed by atoms with Crippen molar-refractivity contribution in [1.82, 2.24) is 14.7 Å². The smallest absolute Gasteiger partial charge is 0.412 e. The summed E-state index contributed by atoms with van der Waals surface area (Å²) < 4.78 is 19.7. The Kier molecular flexibility index (Phi) is 10.5. The van der Waals surface area contributed by atoms with Crippen LogP contribution in [0.5, 0.6) is 5.75 Å². The van der Waals surface area contributed by atoms with Crippen LogP contribution in [0.15, 0.2) is 59.1 Å². The zero-order valence-corrected chi connectivity index (χ0v) is 24.9. The van der Waals surface area contributed by atoms with Gasteiger partial charge in [-0.1, -0.05) is 60.1 Å². The molecule has 214 valence electrons. The lowest BCUT2D eigenvalue weighted by Crippen LogP contribution is -2.40. The lowest BCUT2D eigenvalue weighted by atomic mass is 9.98. The molecule has 1 N–H and O–H groups in total. The number of piperidine rings is 1. The normalized spacial score (nSPS) is 13.8. The second-order valence-electron chi connectivity index (χ2n) is 10.5. The Morgan fingerprint density at radius 3 is 2.55 bits per heavy atom. The summed E-state index contributed by atoms with van der Waals surface area (Å²) in [6.45, 7) is 8.81. The largest absolute Gasteiger partial charge is 0.489 e. The van der Waals surface area contributed by atoms with Crippen LogP contribution < -0.4 is 10.1 Å². The van der Waals surface area contributed by atoms with Gasteiger partial charge in [-0.3, -0.25) is 10.00 Å². The number of benzene rings is 2. The minimum absolute atomic E-state index is 0.199. The Morgan fingerprint density at radius 2 is 1.82 bits per heavy atom. The number of rotatable bonds is 10. The molecular formula is C30H37BrN4O5. The van der Waals surface area contributed by atoms with Crippen LogP contribution in [-0.4, -0.2) is 53.2 Å². The molecule has 0 atom stereocenters.